The molecule has 0 aliphatic carbocycles. The van der Waals surface area contributed by atoms with Crippen molar-refractivity contribution in [3.05, 3.63) is 46.3 Å². The van der Waals surface area contributed by atoms with E-state index in [-0.39, 0.29) is 5.75 Å². The van der Waals surface area contributed by atoms with E-state index in [0.717, 1.165) is 0 Å². The lowest BCUT2D eigenvalue weighted by Crippen LogP contribution is -2.23. The molecule has 0 fully saturated rings. The maximum atomic E-state index is 10.3. The third kappa shape index (κ3) is 2.30. The van der Waals surface area contributed by atoms with Crippen LogP contribution in [0.15, 0.2) is 40.7 Å². The maximum absolute atomic E-state index is 10.3. The van der Waals surface area contributed by atoms with Crippen molar-refractivity contribution in [2.75, 3.05) is 7.11 Å². The lowest BCUT2D eigenvalue weighted by Gasteiger charge is -2.26. The standard InChI is InChI=1S/C16H15N3O2/c1-9-12(7-17)15(13(8-18)10(2)19-9)11-5-4-6-14(21-3)16(11)20/h4-6,15,19-20H,1-3H3. The number of para-hydroxylation sites is 1. The van der Waals surface area contributed by atoms with Gasteiger partial charge in [0.2, 0.25) is 0 Å². The Labute approximate surface area is 123 Å². The summed E-state index contributed by atoms with van der Waals surface area (Å²) < 4.78 is 5.10. The smallest absolute Gasteiger partial charge is 0.161 e. The minimum atomic E-state index is -0.587. The average molecular weight is 281 g/mol. The predicted octanol–water partition coefficient (Wildman–Crippen LogP) is 2.68. The Bertz CT molecular complexity index is 697. The molecule has 0 spiro atoms. The number of phenols is 1. The van der Waals surface area contributed by atoms with Crippen molar-refractivity contribution in [2.45, 2.75) is 19.8 Å². The molecular weight excluding hydrogens is 266 g/mol. The second-order valence-electron chi connectivity index (χ2n) is 4.76. The Morgan fingerprint density at radius 3 is 2.19 bits per heavy atom. The summed E-state index contributed by atoms with van der Waals surface area (Å²) in [6.07, 6.45) is 0. The van der Waals surface area contributed by atoms with Crippen LogP contribution in [0.5, 0.6) is 11.5 Å². The van der Waals surface area contributed by atoms with Gasteiger partial charge in [0.05, 0.1) is 36.3 Å². The maximum Gasteiger partial charge on any atom is 0.161 e. The summed E-state index contributed by atoms with van der Waals surface area (Å²) >= 11 is 0. The van der Waals surface area contributed by atoms with Crippen LogP contribution in [0, 0.1) is 22.7 Å². The van der Waals surface area contributed by atoms with Crippen molar-refractivity contribution < 1.29 is 9.84 Å². The minimum absolute atomic E-state index is 0.0481. The minimum Gasteiger partial charge on any atom is -0.504 e. The van der Waals surface area contributed by atoms with Crippen molar-refractivity contribution in [1.29, 1.82) is 10.5 Å². The molecule has 0 saturated heterocycles. The lowest BCUT2D eigenvalue weighted by atomic mass is 9.81. The molecule has 2 rings (SSSR count). The molecule has 2 N–H and O–H groups in total. The number of nitriles is 2. The van der Waals surface area contributed by atoms with Crippen LogP contribution in [-0.4, -0.2) is 12.2 Å². The van der Waals surface area contributed by atoms with Crippen molar-refractivity contribution in [3.8, 4) is 23.6 Å². The summed E-state index contributed by atoms with van der Waals surface area (Å²) in [6.45, 7) is 3.56. The molecule has 1 aliphatic heterocycles. The molecule has 5 heteroatoms. The van der Waals surface area contributed by atoms with Crippen LogP contribution in [0.2, 0.25) is 0 Å². The quantitative estimate of drug-likeness (QED) is 0.870. The number of methoxy groups -OCH3 is 1. The highest BCUT2D eigenvalue weighted by molar-refractivity contribution is 5.60. The van der Waals surface area contributed by atoms with Crippen LogP contribution in [0.3, 0.4) is 0 Å². The molecule has 0 saturated carbocycles. The van der Waals surface area contributed by atoms with Crippen molar-refractivity contribution in [1.82, 2.24) is 5.32 Å². The van der Waals surface area contributed by atoms with Gasteiger partial charge in [-0.2, -0.15) is 10.5 Å². The van der Waals surface area contributed by atoms with Crippen molar-refractivity contribution >= 4 is 0 Å². The summed E-state index contributed by atoms with van der Waals surface area (Å²) in [5, 5.41) is 32.2. The van der Waals surface area contributed by atoms with Crippen LogP contribution < -0.4 is 10.1 Å². The molecule has 0 radical (unpaired) electrons. The molecular formula is C16H15N3O2. The van der Waals surface area contributed by atoms with Crippen LogP contribution in [0.4, 0.5) is 0 Å². The molecule has 0 bridgehead atoms. The van der Waals surface area contributed by atoms with E-state index in [0.29, 0.717) is 33.9 Å². The summed E-state index contributed by atoms with van der Waals surface area (Å²) in [5.74, 6) is -0.319. The van der Waals surface area contributed by atoms with E-state index in [1.54, 1.807) is 32.0 Å². The van der Waals surface area contributed by atoms with Crippen LogP contribution in [0.1, 0.15) is 25.3 Å². The van der Waals surface area contributed by atoms with Crippen LogP contribution >= 0.6 is 0 Å². The van der Waals surface area contributed by atoms with Gasteiger partial charge in [-0.15, -0.1) is 0 Å². The molecule has 1 aromatic rings. The van der Waals surface area contributed by atoms with Gasteiger partial charge in [0.1, 0.15) is 0 Å². The summed E-state index contributed by atoms with van der Waals surface area (Å²) in [4.78, 5) is 0. The van der Waals surface area contributed by atoms with E-state index < -0.39 is 5.92 Å². The molecule has 0 unspecified atom stereocenters. The van der Waals surface area contributed by atoms with E-state index in [2.05, 4.69) is 17.5 Å². The SMILES string of the molecule is COc1cccc(C2C(C#N)=C(C)NC(C)=C2C#N)c1O. The number of hydrogen-bond acceptors (Lipinski definition) is 5. The Kier molecular flexibility index (Phi) is 3.86. The highest BCUT2D eigenvalue weighted by atomic mass is 16.5. The molecule has 0 aromatic heterocycles. The Hall–Kier alpha value is -2.92. The normalized spacial score (nSPS) is 15.3. The number of nitrogens with zero attached hydrogens (tertiary/aromatic N) is 2. The van der Waals surface area contributed by atoms with Gasteiger partial charge in [-0.25, -0.2) is 0 Å². The van der Waals surface area contributed by atoms with E-state index in [4.69, 9.17) is 4.74 Å². The first-order valence-electron chi connectivity index (χ1n) is 6.39. The second kappa shape index (κ2) is 5.60. The first-order chi connectivity index (χ1) is 10.0. The number of nitrogens with one attached hydrogen (secondary N) is 1. The van der Waals surface area contributed by atoms with Gasteiger partial charge in [0.25, 0.3) is 0 Å². The fourth-order valence-electron chi connectivity index (χ4n) is 2.54. The number of allylic oxidation sites excluding steroid dienone is 4. The summed E-state index contributed by atoms with van der Waals surface area (Å²) in [7, 11) is 1.46. The molecule has 0 atom stereocenters. The van der Waals surface area contributed by atoms with E-state index in [1.165, 1.54) is 7.11 Å². The Morgan fingerprint density at radius 2 is 1.71 bits per heavy atom. The number of phenolic OH excluding ortho intramolecular Hbond substituents is 1. The molecule has 1 aromatic carbocycles. The molecule has 21 heavy (non-hydrogen) atoms. The first kappa shape index (κ1) is 14.5. The third-order valence-electron chi connectivity index (χ3n) is 3.56. The van der Waals surface area contributed by atoms with Gasteiger partial charge in [-0.3, -0.25) is 0 Å². The van der Waals surface area contributed by atoms with Gasteiger partial charge >= 0.3 is 0 Å². The lowest BCUT2D eigenvalue weighted by molar-refractivity contribution is 0.370. The number of aromatic hydroxyl groups is 1. The Balaban J connectivity index is 2.72. The molecule has 1 aliphatic rings. The highest BCUT2D eigenvalue weighted by Gasteiger charge is 2.31. The number of hydrogen-bond donors (Lipinski definition) is 2. The van der Waals surface area contributed by atoms with E-state index >= 15 is 0 Å². The number of rotatable bonds is 2. The van der Waals surface area contributed by atoms with Crippen LogP contribution in [-0.2, 0) is 0 Å². The fourth-order valence-corrected chi connectivity index (χ4v) is 2.54. The monoisotopic (exact) mass is 281 g/mol. The topological polar surface area (TPSA) is 89.1 Å². The van der Waals surface area contributed by atoms with Gasteiger partial charge in [-0.05, 0) is 19.9 Å². The number of benzene rings is 1. The molecule has 0 amide bonds. The van der Waals surface area contributed by atoms with Gasteiger partial charge in [0.15, 0.2) is 11.5 Å². The molecule has 106 valence electrons. The molecule has 5 nitrogen and oxygen atoms in total. The number of ether oxygens (including phenoxy) is 1. The number of dihydropyridines is 1. The second-order valence-corrected chi connectivity index (χ2v) is 4.76. The Morgan fingerprint density at radius 1 is 1.14 bits per heavy atom. The zero-order valence-electron chi connectivity index (χ0n) is 12.1. The first-order valence-corrected chi connectivity index (χ1v) is 6.39. The highest BCUT2D eigenvalue weighted by Crippen LogP contribution is 2.43. The fraction of sp³-hybridized carbons (Fsp3) is 0.250. The zero-order valence-corrected chi connectivity index (χ0v) is 12.1. The van der Waals surface area contributed by atoms with Crippen molar-refractivity contribution in [3.63, 3.8) is 0 Å². The van der Waals surface area contributed by atoms with Gasteiger partial charge < -0.3 is 15.2 Å². The van der Waals surface area contributed by atoms with E-state index in [9.17, 15) is 15.6 Å². The van der Waals surface area contributed by atoms with Gasteiger partial charge in [0, 0.05) is 17.0 Å². The summed E-state index contributed by atoms with van der Waals surface area (Å²) in [6, 6.07) is 9.32. The van der Waals surface area contributed by atoms with E-state index in [1.807, 2.05) is 0 Å². The predicted molar refractivity (Wildman–Crippen MR) is 77.2 cm³/mol. The average Bonchev–Trinajstić information content (AvgIpc) is 2.47. The largest absolute Gasteiger partial charge is 0.504 e. The third-order valence-corrected chi connectivity index (χ3v) is 3.56. The van der Waals surface area contributed by atoms with Crippen molar-refractivity contribution in [2.24, 2.45) is 0 Å². The molecule has 1 heterocycles. The zero-order chi connectivity index (χ0) is 15.6. The summed E-state index contributed by atoms with van der Waals surface area (Å²) in [5.41, 5.74) is 2.69. The van der Waals surface area contributed by atoms with Crippen LogP contribution in [0.25, 0.3) is 0 Å². The van der Waals surface area contributed by atoms with Gasteiger partial charge in [-0.1, -0.05) is 12.1 Å².